The molecule has 0 aromatic carbocycles. The molecular formula is C8H17N3O. The smallest absolute Gasteiger partial charge is 0.239 e. The standard InChI is InChI=1S/C8H17N3O/c1-11(2)6-8(7(9)12)4-3-5-10-8/h10H,3-6H2,1-2H3,(H2,9,12)/t8-/m1/s1/i1D3,2D3. The Hall–Kier alpha value is -0.610. The van der Waals surface area contributed by atoms with Gasteiger partial charge in [0.25, 0.3) is 0 Å². The molecule has 4 heteroatoms. The first-order valence-corrected chi connectivity index (χ1v) is 3.82. The van der Waals surface area contributed by atoms with Crippen LogP contribution in [-0.4, -0.2) is 43.4 Å². The zero-order chi connectivity index (χ0) is 14.2. The van der Waals surface area contributed by atoms with E-state index in [0.29, 0.717) is 24.3 Å². The van der Waals surface area contributed by atoms with Gasteiger partial charge in [-0.05, 0) is 33.3 Å². The van der Waals surface area contributed by atoms with Gasteiger partial charge in [-0.15, -0.1) is 0 Å². The lowest BCUT2D eigenvalue weighted by Crippen LogP contribution is -2.57. The molecule has 3 N–H and O–H groups in total. The highest BCUT2D eigenvalue weighted by atomic mass is 16.1. The molecule has 1 saturated heterocycles. The lowest BCUT2D eigenvalue weighted by atomic mass is 9.96. The number of carbonyl (C=O) groups excluding carboxylic acids is 1. The predicted octanol–water partition coefficient (Wildman–Crippen LogP) is -0.844. The van der Waals surface area contributed by atoms with Gasteiger partial charge < -0.3 is 16.0 Å². The predicted molar refractivity (Wildman–Crippen MR) is 47.7 cm³/mol. The molecule has 1 atom stereocenters. The number of rotatable bonds is 3. The largest absolute Gasteiger partial charge is 0.368 e. The summed E-state index contributed by atoms with van der Waals surface area (Å²) >= 11 is 0. The van der Waals surface area contributed by atoms with Crippen LogP contribution >= 0.6 is 0 Å². The second kappa shape index (κ2) is 3.41. The summed E-state index contributed by atoms with van der Waals surface area (Å²) in [6.07, 6.45) is 0.990. The zero-order valence-corrected chi connectivity index (χ0v) is 6.76. The summed E-state index contributed by atoms with van der Waals surface area (Å²) in [4.78, 5) is 11.8. The second-order valence-electron chi connectivity index (χ2n) is 3.06. The Morgan fingerprint density at radius 3 is 3.00 bits per heavy atom. The number of nitrogens with one attached hydrogen (secondary N) is 1. The monoisotopic (exact) mass is 177 g/mol. The van der Waals surface area contributed by atoms with Crippen molar-refractivity contribution in [1.82, 2.24) is 10.2 Å². The van der Waals surface area contributed by atoms with Gasteiger partial charge in [-0.3, -0.25) is 4.79 Å². The molecule has 0 bridgehead atoms. The highest BCUT2D eigenvalue weighted by molar-refractivity contribution is 5.85. The van der Waals surface area contributed by atoms with E-state index in [0.717, 1.165) is 0 Å². The van der Waals surface area contributed by atoms with Crippen LogP contribution in [0.25, 0.3) is 0 Å². The average molecular weight is 177 g/mol. The van der Waals surface area contributed by atoms with Gasteiger partial charge in [0.1, 0.15) is 5.54 Å². The van der Waals surface area contributed by atoms with Crippen molar-refractivity contribution in [2.45, 2.75) is 18.4 Å². The van der Waals surface area contributed by atoms with Gasteiger partial charge >= 0.3 is 0 Å². The summed E-state index contributed by atoms with van der Waals surface area (Å²) in [5.74, 6) is -0.724. The van der Waals surface area contributed by atoms with Crippen molar-refractivity contribution in [3.05, 3.63) is 0 Å². The van der Waals surface area contributed by atoms with E-state index in [9.17, 15) is 4.79 Å². The Morgan fingerprint density at radius 2 is 2.58 bits per heavy atom. The minimum atomic E-state index is -2.81. The first-order chi connectivity index (χ1) is 7.99. The Morgan fingerprint density at radius 1 is 1.83 bits per heavy atom. The van der Waals surface area contributed by atoms with Crippen LogP contribution in [0.1, 0.15) is 21.1 Å². The number of primary amides is 1. The molecule has 1 aliphatic rings. The Bertz CT molecular complexity index is 306. The molecule has 70 valence electrons. The van der Waals surface area contributed by atoms with E-state index in [1.807, 2.05) is 0 Å². The van der Waals surface area contributed by atoms with Crippen molar-refractivity contribution >= 4 is 5.91 Å². The summed E-state index contributed by atoms with van der Waals surface area (Å²) < 4.78 is 43.5. The third kappa shape index (κ3) is 1.76. The van der Waals surface area contributed by atoms with E-state index < -0.39 is 31.9 Å². The van der Waals surface area contributed by atoms with E-state index in [4.69, 9.17) is 14.0 Å². The quantitative estimate of drug-likeness (QED) is 0.591. The SMILES string of the molecule is [2H]C([2H])([2H])N(C[C@@]1(C(N)=O)CCCN1)C([2H])([2H])[2H]. The molecule has 1 aliphatic heterocycles. The fourth-order valence-electron chi connectivity index (χ4n) is 1.50. The van der Waals surface area contributed by atoms with Crippen LogP contribution in [-0.2, 0) is 4.79 Å². The number of nitrogens with zero attached hydrogens (tertiary/aromatic N) is 1. The Labute approximate surface area is 81.5 Å². The van der Waals surface area contributed by atoms with Gasteiger partial charge in [-0.25, -0.2) is 0 Å². The molecule has 0 saturated carbocycles. The van der Waals surface area contributed by atoms with E-state index in [-0.39, 0.29) is 0 Å². The first-order valence-electron chi connectivity index (χ1n) is 6.82. The maximum atomic E-state index is 11.5. The van der Waals surface area contributed by atoms with Crippen molar-refractivity contribution in [3.8, 4) is 0 Å². The maximum absolute atomic E-state index is 11.5. The van der Waals surface area contributed by atoms with Gasteiger partial charge in [0.2, 0.25) is 5.91 Å². The molecule has 4 nitrogen and oxygen atoms in total. The van der Waals surface area contributed by atoms with E-state index in [1.165, 1.54) is 0 Å². The highest BCUT2D eigenvalue weighted by Gasteiger charge is 2.39. The molecular weight excluding hydrogens is 154 g/mol. The van der Waals surface area contributed by atoms with Gasteiger partial charge in [-0.1, -0.05) is 0 Å². The Kier molecular flexibility index (Phi) is 1.16. The number of carbonyl (C=O) groups is 1. The highest BCUT2D eigenvalue weighted by Crippen LogP contribution is 2.19. The molecule has 12 heavy (non-hydrogen) atoms. The minimum absolute atomic E-state index is 0.338. The molecule has 0 spiro atoms. The van der Waals surface area contributed by atoms with Crippen molar-refractivity contribution in [2.75, 3.05) is 27.0 Å². The molecule has 1 heterocycles. The summed E-state index contributed by atoms with van der Waals surface area (Å²) in [7, 11) is 0. The van der Waals surface area contributed by atoms with Crippen molar-refractivity contribution in [3.63, 3.8) is 0 Å². The number of hydrogen-bond acceptors (Lipinski definition) is 3. The van der Waals surface area contributed by atoms with Crippen LogP contribution < -0.4 is 11.1 Å². The van der Waals surface area contributed by atoms with Gasteiger partial charge in [0, 0.05) is 14.8 Å². The minimum Gasteiger partial charge on any atom is -0.368 e. The molecule has 1 amide bonds. The maximum Gasteiger partial charge on any atom is 0.239 e. The number of likely N-dealkylation sites (N-methyl/N-ethyl adjacent to an activating group) is 1. The van der Waals surface area contributed by atoms with Crippen LogP contribution in [0, 0.1) is 0 Å². The normalized spacial score (nSPS) is 39.1. The summed E-state index contributed by atoms with van der Waals surface area (Å²) in [5.41, 5.74) is 4.00. The molecule has 0 aromatic rings. The van der Waals surface area contributed by atoms with Crippen LogP contribution in [0.3, 0.4) is 0 Å². The van der Waals surface area contributed by atoms with Gasteiger partial charge in [0.15, 0.2) is 0 Å². The lowest BCUT2D eigenvalue weighted by Gasteiger charge is -2.28. The molecule has 1 fully saturated rings. The van der Waals surface area contributed by atoms with Crippen LogP contribution in [0.5, 0.6) is 0 Å². The van der Waals surface area contributed by atoms with Crippen molar-refractivity contribution in [2.24, 2.45) is 5.73 Å². The van der Waals surface area contributed by atoms with E-state index in [2.05, 4.69) is 5.32 Å². The van der Waals surface area contributed by atoms with E-state index >= 15 is 0 Å². The summed E-state index contributed by atoms with van der Waals surface area (Å²) in [6.45, 7) is -5.55. The molecule has 0 aromatic heterocycles. The summed E-state index contributed by atoms with van der Waals surface area (Å²) in [6, 6.07) is 0. The van der Waals surface area contributed by atoms with Crippen molar-refractivity contribution < 1.29 is 13.0 Å². The first kappa shape index (κ1) is 4.07. The fourth-order valence-corrected chi connectivity index (χ4v) is 1.50. The zero-order valence-electron chi connectivity index (χ0n) is 12.8. The molecule has 0 radical (unpaired) electrons. The average Bonchev–Trinajstić information content (AvgIpc) is 2.59. The number of nitrogens with two attached hydrogens (primary N) is 1. The van der Waals surface area contributed by atoms with Crippen LogP contribution in [0.15, 0.2) is 0 Å². The molecule has 0 unspecified atom stereocenters. The van der Waals surface area contributed by atoms with Gasteiger partial charge in [0.05, 0.1) is 0 Å². The van der Waals surface area contributed by atoms with Crippen molar-refractivity contribution in [1.29, 1.82) is 0 Å². The summed E-state index contributed by atoms with van der Waals surface area (Å²) in [5, 5.41) is 2.83. The third-order valence-corrected chi connectivity index (χ3v) is 2.14. The molecule has 1 rings (SSSR count). The van der Waals surface area contributed by atoms with Gasteiger partial charge in [-0.2, -0.15) is 0 Å². The molecule has 0 aliphatic carbocycles. The lowest BCUT2D eigenvalue weighted by molar-refractivity contribution is -0.124. The van der Waals surface area contributed by atoms with Crippen LogP contribution in [0.2, 0.25) is 0 Å². The van der Waals surface area contributed by atoms with E-state index in [1.54, 1.807) is 0 Å². The second-order valence-corrected chi connectivity index (χ2v) is 3.06. The number of amides is 1. The fraction of sp³-hybridized carbons (Fsp3) is 0.875. The number of hydrogen-bond donors (Lipinski definition) is 2. The Balaban J connectivity index is 2.99. The van der Waals surface area contributed by atoms with Crippen LogP contribution in [0.4, 0.5) is 0 Å². The topological polar surface area (TPSA) is 58.4 Å². The third-order valence-electron chi connectivity index (χ3n) is 2.14.